The number of piperidine rings is 1. The molecule has 1 aromatic heterocycles. The predicted molar refractivity (Wildman–Crippen MR) is 74.8 cm³/mol. The average Bonchev–Trinajstić information content (AvgIpc) is 2.79. The molecule has 1 saturated heterocycles. The number of carbonyl (C=O) groups excluding carboxylic acids is 2. The SMILES string of the molecule is CC1CCCN(C(=O)c2cc(C(N)=O)cn2C)C1C(=O)O. The van der Waals surface area contributed by atoms with Crippen molar-refractivity contribution in [3.05, 3.63) is 23.5 Å². The molecule has 114 valence electrons. The molecule has 1 fully saturated rings. The van der Waals surface area contributed by atoms with Gasteiger partial charge in [-0.15, -0.1) is 0 Å². The molecule has 1 aliphatic heterocycles. The molecule has 7 nitrogen and oxygen atoms in total. The minimum Gasteiger partial charge on any atom is -0.480 e. The molecule has 0 radical (unpaired) electrons. The maximum atomic E-state index is 12.6. The van der Waals surface area contributed by atoms with E-state index in [1.165, 1.54) is 21.7 Å². The molecule has 7 heteroatoms. The van der Waals surface area contributed by atoms with Crippen molar-refractivity contribution in [1.29, 1.82) is 0 Å². The third-order valence-electron chi connectivity index (χ3n) is 3.96. The summed E-state index contributed by atoms with van der Waals surface area (Å²) < 4.78 is 1.50. The van der Waals surface area contributed by atoms with Crippen molar-refractivity contribution in [1.82, 2.24) is 9.47 Å². The number of carboxylic acid groups (broad SMARTS) is 1. The van der Waals surface area contributed by atoms with Gasteiger partial charge in [0.1, 0.15) is 11.7 Å². The molecule has 1 aromatic rings. The van der Waals surface area contributed by atoms with Crippen LogP contribution in [0, 0.1) is 5.92 Å². The zero-order chi connectivity index (χ0) is 15.7. The second-order valence-electron chi connectivity index (χ2n) is 5.49. The first kappa shape index (κ1) is 15.1. The number of nitrogens with two attached hydrogens (primary N) is 1. The zero-order valence-electron chi connectivity index (χ0n) is 12.1. The summed E-state index contributed by atoms with van der Waals surface area (Å²) in [5.74, 6) is -2.11. The van der Waals surface area contributed by atoms with Crippen LogP contribution in [0.3, 0.4) is 0 Å². The van der Waals surface area contributed by atoms with Crippen LogP contribution in [0.4, 0.5) is 0 Å². The van der Waals surface area contributed by atoms with Gasteiger partial charge in [0.25, 0.3) is 5.91 Å². The Balaban J connectivity index is 2.33. The zero-order valence-corrected chi connectivity index (χ0v) is 12.1. The molecule has 2 atom stereocenters. The summed E-state index contributed by atoms with van der Waals surface area (Å²) in [7, 11) is 1.63. The largest absolute Gasteiger partial charge is 0.480 e. The second-order valence-corrected chi connectivity index (χ2v) is 5.49. The van der Waals surface area contributed by atoms with E-state index in [1.807, 2.05) is 6.92 Å². The van der Waals surface area contributed by atoms with E-state index in [0.717, 1.165) is 12.8 Å². The van der Waals surface area contributed by atoms with Crippen molar-refractivity contribution in [2.45, 2.75) is 25.8 Å². The molecule has 0 saturated carbocycles. The lowest BCUT2D eigenvalue weighted by atomic mass is 9.90. The fourth-order valence-electron chi connectivity index (χ4n) is 2.85. The number of amides is 2. The number of aromatic nitrogens is 1. The number of likely N-dealkylation sites (tertiary alicyclic amines) is 1. The van der Waals surface area contributed by atoms with Crippen LogP contribution < -0.4 is 5.73 Å². The summed E-state index contributed by atoms with van der Waals surface area (Å²) in [6.45, 7) is 2.23. The fraction of sp³-hybridized carbons (Fsp3) is 0.500. The highest BCUT2D eigenvalue weighted by atomic mass is 16.4. The Kier molecular flexibility index (Phi) is 4.02. The summed E-state index contributed by atoms with van der Waals surface area (Å²) in [5, 5.41) is 9.36. The fourth-order valence-corrected chi connectivity index (χ4v) is 2.85. The summed E-state index contributed by atoms with van der Waals surface area (Å²) in [5.41, 5.74) is 5.70. The van der Waals surface area contributed by atoms with Crippen LogP contribution in [0.1, 0.15) is 40.6 Å². The Morgan fingerprint density at radius 2 is 2.05 bits per heavy atom. The highest BCUT2D eigenvalue weighted by Gasteiger charge is 2.38. The highest BCUT2D eigenvalue weighted by Crippen LogP contribution is 2.25. The number of hydrogen-bond donors (Lipinski definition) is 2. The Morgan fingerprint density at radius 1 is 1.38 bits per heavy atom. The molecule has 2 amide bonds. The highest BCUT2D eigenvalue weighted by molar-refractivity contribution is 6.00. The molecule has 0 spiro atoms. The molecular weight excluding hydrogens is 274 g/mol. The molecule has 0 bridgehead atoms. The number of carbonyl (C=O) groups is 3. The molecule has 0 aliphatic carbocycles. The van der Waals surface area contributed by atoms with Gasteiger partial charge in [0.2, 0.25) is 5.91 Å². The van der Waals surface area contributed by atoms with Crippen LogP contribution in [0.25, 0.3) is 0 Å². The molecule has 21 heavy (non-hydrogen) atoms. The van der Waals surface area contributed by atoms with Crippen LogP contribution in [0.15, 0.2) is 12.3 Å². The van der Waals surface area contributed by atoms with Gasteiger partial charge >= 0.3 is 5.97 Å². The van der Waals surface area contributed by atoms with E-state index < -0.39 is 17.9 Å². The second kappa shape index (κ2) is 5.59. The summed E-state index contributed by atoms with van der Waals surface area (Å²) in [6.07, 6.45) is 3.02. The maximum Gasteiger partial charge on any atom is 0.326 e. The van der Waals surface area contributed by atoms with Crippen molar-refractivity contribution in [2.75, 3.05) is 6.54 Å². The summed E-state index contributed by atoms with van der Waals surface area (Å²) in [6, 6.07) is 0.571. The minimum atomic E-state index is -1.00. The normalized spacial score (nSPS) is 22.1. The summed E-state index contributed by atoms with van der Waals surface area (Å²) >= 11 is 0. The maximum absolute atomic E-state index is 12.6. The Labute approximate surface area is 122 Å². The van der Waals surface area contributed by atoms with Crippen LogP contribution >= 0.6 is 0 Å². The van der Waals surface area contributed by atoms with Crippen molar-refractivity contribution >= 4 is 17.8 Å². The van der Waals surface area contributed by atoms with Crippen LogP contribution in [-0.4, -0.2) is 44.9 Å². The van der Waals surface area contributed by atoms with Crippen molar-refractivity contribution in [2.24, 2.45) is 18.7 Å². The first-order valence-corrected chi connectivity index (χ1v) is 6.83. The minimum absolute atomic E-state index is 0.101. The molecule has 0 aromatic carbocycles. The number of rotatable bonds is 3. The van der Waals surface area contributed by atoms with Crippen molar-refractivity contribution in [3.8, 4) is 0 Å². The smallest absolute Gasteiger partial charge is 0.326 e. The molecule has 2 rings (SSSR count). The van der Waals surface area contributed by atoms with E-state index in [-0.39, 0.29) is 23.1 Å². The van der Waals surface area contributed by atoms with Crippen molar-refractivity contribution in [3.63, 3.8) is 0 Å². The third kappa shape index (κ3) is 2.76. The van der Waals surface area contributed by atoms with Gasteiger partial charge in [-0.05, 0) is 24.8 Å². The monoisotopic (exact) mass is 293 g/mol. The number of carboxylic acids is 1. The first-order chi connectivity index (χ1) is 9.82. The number of hydrogen-bond acceptors (Lipinski definition) is 3. The van der Waals surface area contributed by atoms with Crippen LogP contribution in [0.2, 0.25) is 0 Å². The molecule has 2 heterocycles. The van der Waals surface area contributed by atoms with E-state index in [1.54, 1.807) is 7.05 Å². The Hall–Kier alpha value is -2.31. The quantitative estimate of drug-likeness (QED) is 0.843. The lowest BCUT2D eigenvalue weighted by molar-refractivity contribution is -0.145. The predicted octanol–water partition coefficient (Wildman–Crippen LogP) is 0.449. The molecule has 2 unspecified atom stereocenters. The lowest BCUT2D eigenvalue weighted by Crippen LogP contribution is -2.52. The number of aryl methyl sites for hydroxylation is 1. The standard InChI is InChI=1S/C14H19N3O4/c1-8-4-3-5-17(11(8)14(20)21)13(19)10-6-9(12(15)18)7-16(10)2/h6-8,11H,3-5H2,1-2H3,(H2,15,18)(H,20,21). The van der Waals surface area contributed by atoms with Crippen LogP contribution in [0.5, 0.6) is 0 Å². The molecule has 3 N–H and O–H groups in total. The molecule has 1 aliphatic rings. The van der Waals surface area contributed by atoms with E-state index in [4.69, 9.17) is 5.73 Å². The number of aliphatic carboxylic acids is 1. The van der Waals surface area contributed by atoms with Gasteiger partial charge in [0, 0.05) is 19.8 Å². The topological polar surface area (TPSA) is 106 Å². The van der Waals surface area contributed by atoms with Gasteiger partial charge in [0.15, 0.2) is 0 Å². The van der Waals surface area contributed by atoms with Gasteiger partial charge < -0.3 is 20.3 Å². The third-order valence-corrected chi connectivity index (χ3v) is 3.96. The summed E-state index contributed by atoms with van der Waals surface area (Å²) in [4.78, 5) is 36.6. The van der Waals surface area contributed by atoms with Crippen molar-refractivity contribution < 1.29 is 19.5 Å². The van der Waals surface area contributed by atoms with E-state index >= 15 is 0 Å². The first-order valence-electron chi connectivity index (χ1n) is 6.83. The van der Waals surface area contributed by atoms with Gasteiger partial charge in [-0.2, -0.15) is 0 Å². The van der Waals surface area contributed by atoms with E-state index in [2.05, 4.69) is 0 Å². The van der Waals surface area contributed by atoms with Crippen LogP contribution in [-0.2, 0) is 11.8 Å². The molecular formula is C14H19N3O4. The number of primary amides is 1. The van der Waals surface area contributed by atoms with E-state index in [0.29, 0.717) is 6.54 Å². The van der Waals surface area contributed by atoms with Gasteiger partial charge in [-0.1, -0.05) is 6.92 Å². The van der Waals surface area contributed by atoms with Gasteiger partial charge in [0.05, 0.1) is 5.56 Å². The number of nitrogens with zero attached hydrogens (tertiary/aromatic N) is 2. The average molecular weight is 293 g/mol. The Morgan fingerprint density at radius 3 is 2.57 bits per heavy atom. The lowest BCUT2D eigenvalue weighted by Gasteiger charge is -2.37. The van der Waals surface area contributed by atoms with Gasteiger partial charge in [-0.3, -0.25) is 9.59 Å². The van der Waals surface area contributed by atoms with E-state index in [9.17, 15) is 19.5 Å². The Bertz CT molecular complexity index is 593. The van der Waals surface area contributed by atoms with Gasteiger partial charge in [-0.25, -0.2) is 4.79 Å².